The van der Waals surface area contributed by atoms with Crippen LogP contribution in [0.3, 0.4) is 0 Å². The van der Waals surface area contributed by atoms with Gasteiger partial charge in [0.15, 0.2) is 5.79 Å². The Bertz CT molecular complexity index is 803. The molecule has 0 aromatic heterocycles. The molecule has 1 spiro atoms. The van der Waals surface area contributed by atoms with Crippen LogP contribution in [0.5, 0.6) is 5.75 Å². The van der Waals surface area contributed by atoms with E-state index in [4.69, 9.17) is 14.2 Å². The normalized spacial score (nSPS) is 20.5. The predicted octanol–water partition coefficient (Wildman–Crippen LogP) is 3.32. The molecule has 4 rings (SSSR count). The lowest BCUT2D eigenvalue weighted by molar-refractivity contribution is -0.187. The van der Waals surface area contributed by atoms with E-state index in [1.54, 1.807) is 7.11 Å². The fourth-order valence-corrected chi connectivity index (χ4v) is 3.91. The van der Waals surface area contributed by atoms with E-state index in [2.05, 4.69) is 12.1 Å². The summed E-state index contributed by atoms with van der Waals surface area (Å²) in [6.07, 6.45) is 1.51. The Morgan fingerprint density at radius 2 is 1.73 bits per heavy atom. The number of methoxy groups -OCH3 is 1. The van der Waals surface area contributed by atoms with Gasteiger partial charge in [-0.05, 0) is 35.4 Å². The van der Waals surface area contributed by atoms with Crippen molar-refractivity contribution < 1.29 is 19.0 Å². The summed E-state index contributed by atoms with van der Waals surface area (Å²) in [5.41, 5.74) is 1.04. The Balaban J connectivity index is 1.47. The Morgan fingerprint density at radius 1 is 1.08 bits per heavy atom. The Hall–Kier alpha value is -2.11. The number of amides is 1. The molecule has 1 amide bonds. The van der Waals surface area contributed by atoms with Gasteiger partial charge in [-0.3, -0.25) is 4.79 Å². The molecule has 26 heavy (non-hydrogen) atoms. The summed E-state index contributed by atoms with van der Waals surface area (Å²) in [6.45, 7) is 4.68. The van der Waals surface area contributed by atoms with Gasteiger partial charge < -0.3 is 19.1 Å². The lowest BCUT2D eigenvalue weighted by Gasteiger charge is -2.38. The molecule has 0 saturated carbocycles. The van der Waals surface area contributed by atoms with Crippen molar-refractivity contribution in [3.63, 3.8) is 0 Å². The number of carbonyl (C=O) groups is 1. The monoisotopic (exact) mass is 355 g/mol. The standard InChI is InChI=1S/C21H25NO4/c1-15(16-3-4-18-14-19(24-2)6-5-17(18)13-16)20(23)22-9-7-21(8-10-22)25-11-12-26-21/h3-6,13-15H,7-12H2,1-2H3/t15-/m1/s1. The van der Waals surface area contributed by atoms with Crippen LogP contribution < -0.4 is 4.74 Å². The van der Waals surface area contributed by atoms with Gasteiger partial charge in [0.2, 0.25) is 5.91 Å². The highest BCUT2D eigenvalue weighted by Crippen LogP contribution is 2.33. The summed E-state index contributed by atoms with van der Waals surface area (Å²) in [6, 6.07) is 12.2. The van der Waals surface area contributed by atoms with Crippen LogP contribution in [-0.4, -0.2) is 50.0 Å². The summed E-state index contributed by atoms with van der Waals surface area (Å²) < 4.78 is 16.8. The van der Waals surface area contributed by atoms with Gasteiger partial charge in [0.1, 0.15) is 5.75 Å². The lowest BCUT2D eigenvalue weighted by atomic mass is 9.95. The van der Waals surface area contributed by atoms with E-state index in [1.165, 1.54) is 0 Å². The van der Waals surface area contributed by atoms with Crippen molar-refractivity contribution in [2.24, 2.45) is 0 Å². The topological polar surface area (TPSA) is 48.0 Å². The lowest BCUT2D eigenvalue weighted by Crippen LogP contribution is -2.48. The van der Waals surface area contributed by atoms with Crippen LogP contribution in [0.2, 0.25) is 0 Å². The zero-order valence-corrected chi connectivity index (χ0v) is 15.4. The predicted molar refractivity (Wildman–Crippen MR) is 99.4 cm³/mol. The van der Waals surface area contributed by atoms with Gasteiger partial charge in [-0.25, -0.2) is 0 Å². The van der Waals surface area contributed by atoms with Crippen molar-refractivity contribution in [2.45, 2.75) is 31.5 Å². The maximum absolute atomic E-state index is 13.0. The van der Waals surface area contributed by atoms with Crippen molar-refractivity contribution in [1.29, 1.82) is 0 Å². The Kier molecular flexibility index (Phi) is 4.59. The highest BCUT2D eigenvalue weighted by molar-refractivity contribution is 5.88. The van der Waals surface area contributed by atoms with E-state index in [1.807, 2.05) is 36.1 Å². The number of piperidine rings is 1. The van der Waals surface area contributed by atoms with Gasteiger partial charge in [0.05, 0.1) is 26.2 Å². The van der Waals surface area contributed by atoms with E-state index < -0.39 is 5.79 Å². The third kappa shape index (κ3) is 3.17. The second-order valence-corrected chi connectivity index (χ2v) is 7.13. The summed E-state index contributed by atoms with van der Waals surface area (Å²) in [7, 11) is 1.67. The van der Waals surface area contributed by atoms with Crippen molar-refractivity contribution in [1.82, 2.24) is 4.90 Å². The molecule has 2 heterocycles. The number of carbonyl (C=O) groups excluding carboxylic acids is 1. The molecule has 5 nitrogen and oxygen atoms in total. The smallest absolute Gasteiger partial charge is 0.229 e. The van der Waals surface area contributed by atoms with E-state index in [0.717, 1.165) is 34.9 Å². The van der Waals surface area contributed by atoms with Gasteiger partial charge in [-0.2, -0.15) is 0 Å². The Morgan fingerprint density at radius 3 is 2.42 bits per heavy atom. The van der Waals surface area contributed by atoms with Crippen LogP contribution in [0, 0.1) is 0 Å². The number of hydrogen-bond donors (Lipinski definition) is 0. The highest BCUT2D eigenvalue weighted by Gasteiger charge is 2.41. The Labute approximate surface area is 153 Å². The van der Waals surface area contributed by atoms with Crippen LogP contribution in [-0.2, 0) is 14.3 Å². The van der Waals surface area contributed by atoms with Crippen molar-refractivity contribution in [2.75, 3.05) is 33.4 Å². The molecule has 0 bridgehead atoms. The first kappa shape index (κ1) is 17.3. The molecule has 0 N–H and O–H groups in total. The fourth-order valence-electron chi connectivity index (χ4n) is 3.91. The number of fused-ring (bicyclic) bond motifs is 1. The quantitative estimate of drug-likeness (QED) is 0.847. The third-order valence-corrected chi connectivity index (χ3v) is 5.59. The maximum Gasteiger partial charge on any atom is 0.229 e. The number of ether oxygens (including phenoxy) is 3. The largest absolute Gasteiger partial charge is 0.497 e. The zero-order valence-electron chi connectivity index (χ0n) is 15.4. The van der Waals surface area contributed by atoms with Crippen LogP contribution in [0.1, 0.15) is 31.2 Å². The molecule has 2 fully saturated rings. The summed E-state index contributed by atoms with van der Waals surface area (Å²) in [5.74, 6) is 0.404. The van der Waals surface area contributed by atoms with Crippen LogP contribution in [0.4, 0.5) is 0 Å². The van der Waals surface area contributed by atoms with E-state index in [-0.39, 0.29) is 11.8 Å². The molecule has 2 aromatic rings. The summed E-state index contributed by atoms with van der Waals surface area (Å²) >= 11 is 0. The minimum Gasteiger partial charge on any atom is -0.497 e. The van der Waals surface area contributed by atoms with Crippen molar-refractivity contribution >= 4 is 16.7 Å². The molecule has 0 unspecified atom stereocenters. The first-order valence-corrected chi connectivity index (χ1v) is 9.25. The highest BCUT2D eigenvalue weighted by atomic mass is 16.7. The fraction of sp³-hybridized carbons (Fsp3) is 0.476. The van der Waals surface area contributed by atoms with E-state index >= 15 is 0 Å². The SMILES string of the molecule is COc1ccc2cc([C@@H](C)C(=O)N3CCC4(CC3)OCCO4)ccc2c1. The number of likely N-dealkylation sites (tertiary alicyclic amines) is 1. The molecular weight excluding hydrogens is 330 g/mol. The van der Waals surface area contributed by atoms with Crippen molar-refractivity contribution in [3.8, 4) is 5.75 Å². The first-order chi connectivity index (χ1) is 12.6. The van der Waals surface area contributed by atoms with Gasteiger partial charge >= 0.3 is 0 Å². The number of rotatable bonds is 3. The molecule has 138 valence electrons. The third-order valence-electron chi connectivity index (χ3n) is 5.59. The molecule has 0 aliphatic carbocycles. The van der Waals surface area contributed by atoms with Crippen molar-refractivity contribution in [3.05, 3.63) is 42.0 Å². The molecule has 2 aromatic carbocycles. The maximum atomic E-state index is 13.0. The van der Waals surface area contributed by atoms with E-state index in [9.17, 15) is 4.79 Å². The second kappa shape index (κ2) is 6.89. The van der Waals surface area contributed by atoms with Gasteiger partial charge in [-0.15, -0.1) is 0 Å². The first-order valence-electron chi connectivity index (χ1n) is 9.25. The second-order valence-electron chi connectivity index (χ2n) is 7.13. The molecule has 5 heteroatoms. The molecule has 2 aliphatic heterocycles. The molecule has 1 atom stereocenters. The average Bonchev–Trinajstić information content (AvgIpc) is 3.14. The molecular formula is C21H25NO4. The van der Waals surface area contributed by atoms with Crippen LogP contribution in [0.15, 0.2) is 36.4 Å². The molecule has 2 aliphatic rings. The minimum absolute atomic E-state index is 0.166. The van der Waals surface area contributed by atoms with Crippen LogP contribution >= 0.6 is 0 Å². The number of hydrogen-bond acceptors (Lipinski definition) is 4. The average molecular weight is 355 g/mol. The van der Waals surface area contributed by atoms with E-state index in [0.29, 0.717) is 26.3 Å². The van der Waals surface area contributed by atoms with Gasteiger partial charge in [0, 0.05) is 25.9 Å². The van der Waals surface area contributed by atoms with Crippen LogP contribution in [0.25, 0.3) is 10.8 Å². The molecule has 0 radical (unpaired) electrons. The minimum atomic E-state index is -0.442. The van der Waals surface area contributed by atoms with Gasteiger partial charge in [-0.1, -0.05) is 24.3 Å². The summed E-state index contributed by atoms with van der Waals surface area (Å²) in [4.78, 5) is 14.9. The van der Waals surface area contributed by atoms with Gasteiger partial charge in [0.25, 0.3) is 0 Å². The molecule has 2 saturated heterocycles. The summed E-state index contributed by atoms with van der Waals surface area (Å²) in [5, 5.41) is 2.23. The zero-order chi connectivity index (χ0) is 18.1. The number of nitrogens with zero attached hydrogens (tertiary/aromatic N) is 1. The number of benzene rings is 2.